The fraction of sp³-hybridized carbons (Fsp3) is 0.692. The number of nitrogens with zero attached hydrogens (tertiary/aromatic N) is 3. The minimum atomic E-state index is 0.603. The van der Waals surface area contributed by atoms with Gasteiger partial charge in [-0.05, 0) is 44.4 Å². The van der Waals surface area contributed by atoms with Crippen LogP contribution < -0.4 is 10.2 Å². The summed E-state index contributed by atoms with van der Waals surface area (Å²) in [6.45, 7) is 7.53. The maximum absolute atomic E-state index is 4.23. The number of hydrogen-bond acceptors (Lipinski definition) is 4. The third-order valence-electron chi connectivity index (χ3n) is 3.21. The molecule has 1 aliphatic heterocycles. The summed E-state index contributed by atoms with van der Waals surface area (Å²) >= 11 is 0. The largest absolute Gasteiger partial charge is 0.354 e. The minimum Gasteiger partial charge on any atom is -0.354 e. The van der Waals surface area contributed by atoms with Crippen molar-refractivity contribution in [3.8, 4) is 0 Å². The Morgan fingerprint density at radius 1 is 1.53 bits per heavy atom. The summed E-state index contributed by atoms with van der Waals surface area (Å²) in [5, 5.41) is 11.9. The maximum atomic E-state index is 4.23. The van der Waals surface area contributed by atoms with Gasteiger partial charge in [0.05, 0.1) is 6.20 Å². The molecule has 2 rings (SSSR count). The maximum Gasteiger partial charge on any atom is 0.151 e. The van der Waals surface area contributed by atoms with Crippen LogP contribution in [0.1, 0.15) is 31.7 Å². The van der Waals surface area contributed by atoms with E-state index in [9.17, 15) is 0 Å². The van der Waals surface area contributed by atoms with Crippen LogP contribution in [0.3, 0.4) is 0 Å². The molecule has 0 amide bonds. The van der Waals surface area contributed by atoms with Crippen LogP contribution in [0, 0.1) is 6.92 Å². The average Bonchev–Trinajstić information content (AvgIpc) is 2.37. The Kier molecular flexibility index (Phi) is 4.31. The summed E-state index contributed by atoms with van der Waals surface area (Å²) in [5.41, 5.74) is 1.18. The van der Waals surface area contributed by atoms with E-state index in [1.165, 1.54) is 24.8 Å². The van der Waals surface area contributed by atoms with E-state index < -0.39 is 0 Å². The van der Waals surface area contributed by atoms with E-state index in [0.29, 0.717) is 6.04 Å². The van der Waals surface area contributed by atoms with E-state index >= 15 is 0 Å². The molecular formula is C13H22N4. The van der Waals surface area contributed by atoms with E-state index in [1.807, 2.05) is 0 Å². The first-order valence-corrected chi connectivity index (χ1v) is 6.57. The highest BCUT2D eigenvalue weighted by Crippen LogP contribution is 2.17. The monoisotopic (exact) mass is 234 g/mol. The van der Waals surface area contributed by atoms with Gasteiger partial charge in [0.2, 0.25) is 0 Å². The molecule has 0 radical (unpaired) electrons. The van der Waals surface area contributed by atoms with Gasteiger partial charge in [0, 0.05) is 19.1 Å². The van der Waals surface area contributed by atoms with Crippen LogP contribution >= 0.6 is 0 Å². The molecule has 0 aromatic carbocycles. The summed E-state index contributed by atoms with van der Waals surface area (Å²) in [7, 11) is 0. The molecule has 1 aromatic heterocycles. The Hall–Kier alpha value is -1.16. The lowest BCUT2D eigenvalue weighted by atomic mass is 10.1. The molecule has 1 aliphatic rings. The topological polar surface area (TPSA) is 41.0 Å². The number of piperidine rings is 1. The van der Waals surface area contributed by atoms with E-state index in [2.05, 4.69) is 40.3 Å². The highest BCUT2D eigenvalue weighted by atomic mass is 15.3. The lowest BCUT2D eigenvalue weighted by Gasteiger charge is -2.33. The van der Waals surface area contributed by atoms with Gasteiger partial charge in [-0.15, -0.1) is 5.10 Å². The fourth-order valence-corrected chi connectivity index (χ4v) is 2.30. The van der Waals surface area contributed by atoms with Crippen LogP contribution in [0.2, 0.25) is 0 Å². The van der Waals surface area contributed by atoms with Crippen LogP contribution in [-0.4, -0.2) is 35.9 Å². The van der Waals surface area contributed by atoms with Gasteiger partial charge < -0.3 is 10.2 Å². The van der Waals surface area contributed by atoms with Gasteiger partial charge in [-0.2, -0.15) is 5.10 Å². The number of rotatable bonds is 4. The second-order valence-corrected chi connectivity index (χ2v) is 4.83. The van der Waals surface area contributed by atoms with Crippen molar-refractivity contribution >= 4 is 5.82 Å². The fourth-order valence-electron chi connectivity index (χ4n) is 2.30. The SMILES string of the molecule is CCCNC1CCCN(c2cc(C)cnn2)C1. The molecule has 94 valence electrons. The van der Waals surface area contributed by atoms with Gasteiger partial charge in [0.15, 0.2) is 5.82 Å². The Bertz CT molecular complexity index is 353. The van der Waals surface area contributed by atoms with Crippen molar-refractivity contribution in [2.45, 2.75) is 39.2 Å². The lowest BCUT2D eigenvalue weighted by Crippen LogP contribution is -2.46. The van der Waals surface area contributed by atoms with Gasteiger partial charge >= 0.3 is 0 Å². The van der Waals surface area contributed by atoms with Crippen molar-refractivity contribution in [1.82, 2.24) is 15.5 Å². The molecule has 4 nitrogen and oxygen atoms in total. The van der Waals surface area contributed by atoms with Crippen LogP contribution in [0.5, 0.6) is 0 Å². The summed E-state index contributed by atoms with van der Waals surface area (Å²) in [4.78, 5) is 2.34. The number of aromatic nitrogens is 2. The molecular weight excluding hydrogens is 212 g/mol. The molecule has 1 N–H and O–H groups in total. The van der Waals surface area contributed by atoms with Crippen molar-refractivity contribution < 1.29 is 0 Å². The molecule has 0 bridgehead atoms. The smallest absolute Gasteiger partial charge is 0.151 e. The first-order chi connectivity index (χ1) is 8.29. The number of anilines is 1. The number of aryl methyl sites for hydroxylation is 1. The van der Waals surface area contributed by atoms with E-state index in [4.69, 9.17) is 0 Å². The zero-order chi connectivity index (χ0) is 12.1. The second kappa shape index (κ2) is 5.96. The molecule has 0 spiro atoms. The standard InChI is InChI=1S/C13H22N4/c1-3-6-14-12-5-4-7-17(10-12)13-8-11(2)9-15-16-13/h8-9,12,14H,3-7,10H2,1-2H3. The predicted octanol–water partition coefficient (Wildman–Crippen LogP) is 1.75. The van der Waals surface area contributed by atoms with E-state index in [0.717, 1.165) is 25.5 Å². The van der Waals surface area contributed by atoms with Crippen molar-refractivity contribution in [3.05, 3.63) is 17.8 Å². The van der Waals surface area contributed by atoms with Crippen LogP contribution in [0.15, 0.2) is 12.3 Å². The Balaban J connectivity index is 1.97. The van der Waals surface area contributed by atoms with Gasteiger partial charge in [-0.3, -0.25) is 0 Å². The van der Waals surface area contributed by atoms with Crippen LogP contribution in [0.25, 0.3) is 0 Å². The first-order valence-electron chi connectivity index (χ1n) is 6.57. The van der Waals surface area contributed by atoms with Gasteiger partial charge in [-0.25, -0.2) is 0 Å². The molecule has 0 aliphatic carbocycles. The molecule has 17 heavy (non-hydrogen) atoms. The number of nitrogens with one attached hydrogen (secondary N) is 1. The van der Waals surface area contributed by atoms with Crippen molar-refractivity contribution in [1.29, 1.82) is 0 Å². The quantitative estimate of drug-likeness (QED) is 0.862. The molecule has 1 fully saturated rings. The van der Waals surface area contributed by atoms with Crippen molar-refractivity contribution in [2.75, 3.05) is 24.5 Å². The van der Waals surface area contributed by atoms with E-state index in [-0.39, 0.29) is 0 Å². The third kappa shape index (κ3) is 3.40. The van der Waals surface area contributed by atoms with Crippen LogP contribution in [-0.2, 0) is 0 Å². The zero-order valence-electron chi connectivity index (χ0n) is 10.8. The minimum absolute atomic E-state index is 0.603. The zero-order valence-corrected chi connectivity index (χ0v) is 10.8. The Morgan fingerprint density at radius 3 is 3.18 bits per heavy atom. The van der Waals surface area contributed by atoms with Gasteiger partial charge in [0.25, 0.3) is 0 Å². The first kappa shape index (κ1) is 12.3. The molecule has 1 unspecified atom stereocenters. The Labute approximate surface area is 103 Å². The van der Waals surface area contributed by atoms with Crippen LogP contribution in [0.4, 0.5) is 5.82 Å². The van der Waals surface area contributed by atoms with Crippen molar-refractivity contribution in [2.24, 2.45) is 0 Å². The average molecular weight is 234 g/mol. The molecule has 1 aromatic rings. The van der Waals surface area contributed by atoms with Gasteiger partial charge in [0.1, 0.15) is 0 Å². The van der Waals surface area contributed by atoms with Crippen molar-refractivity contribution in [3.63, 3.8) is 0 Å². The highest BCUT2D eigenvalue weighted by molar-refractivity contribution is 5.39. The van der Waals surface area contributed by atoms with E-state index in [1.54, 1.807) is 6.20 Å². The lowest BCUT2D eigenvalue weighted by molar-refractivity contribution is 0.421. The molecule has 2 heterocycles. The normalized spacial score (nSPS) is 20.6. The molecule has 1 saturated heterocycles. The molecule has 0 saturated carbocycles. The summed E-state index contributed by atoms with van der Waals surface area (Å²) in [5.74, 6) is 1.02. The summed E-state index contributed by atoms with van der Waals surface area (Å²) in [6.07, 6.45) is 5.51. The summed E-state index contributed by atoms with van der Waals surface area (Å²) in [6, 6.07) is 2.72. The molecule has 4 heteroatoms. The second-order valence-electron chi connectivity index (χ2n) is 4.83. The summed E-state index contributed by atoms with van der Waals surface area (Å²) < 4.78 is 0. The Morgan fingerprint density at radius 2 is 2.41 bits per heavy atom. The highest BCUT2D eigenvalue weighted by Gasteiger charge is 2.20. The predicted molar refractivity (Wildman–Crippen MR) is 70.3 cm³/mol. The van der Waals surface area contributed by atoms with Gasteiger partial charge in [-0.1, -0.05) is 6.92 Å². The number of hydrogen-bond donors (Lipinski definition) is 1. The third-order valence-corrected chi connectivity index (χ3v) is 3.21. The molecule has 1 atom stereocenters.